The number of esters is 1. The summed E-state index contributed by atoms with van der Waals surface area (Å²) >= 11 is 1.43. The quantitative estimate of drug-likeness (QED) is 0.150. The monoisotopic (exact) mass is 836 g/mol. The predicted molar refractivity (Wildman–Crippen MR) is 231 cm³/mol. The number of anilines is 3. The number of nitrogens with one attached hydrogen (secondary N) is 2. The summed E-state index contributed by atoms with van der Waals surface area (Å²) in [6.45, 7) is 12.2. The summed E-state index contributed by atoms with van der Waals surface area (Å²) in [5.74, 6) is -0.481. The Hall–Kier alpha value is -5.54. The molecule has 60 heavy (non-hydrogen) atoms. The third-order valence-electron chi connectivity index (χ3n) is 11.2. The average molecular weight is 837 g/mol. The number of hydrogen-bond acceptors (Lipinski definition) is 12. The fourth-order valence-corrected chi connectivity index (χ4v) is 8.64. The molecule has 2 saturated heterocycles. The van der Waals surface area contributed by atoms with E-state index in [4.69, 9.17) is 9.47 Å². The van der Waals surface area contributed by atoms with E-state index in [0.717, 1.165) is 87.6 Å². The third-order valence-corrected chi connectivity index (χ3v) is 12.1. The maximum Gasteiger partial charge on any atom is 0.408 e. The fourth-order valence-electron chi connectivity index (χ4n) is 7.86. The van der Waals surface area contributed by atoms with Gasteiger partial charge in [-0.3, -0.25) is 9.69 Å². The molecule has 0 unspecified atom stereocenters. The molecule has 0 radical (unpaired) electrons. The number of piperidine rings is 2. The number of rotatable bonds is 10. The van der Waals surface area contributed by atoms with Gasteiger partial charge in [0.2, 0.25) is 0 Å². The van der Waals surface area contributed by atoms with Crippen LogP contribution in [0, 0.1) is 5.82 Å². The van der Waals surface area contributed by atoms with Gasteiger partial charge in [0.25, 0.3) is 5.91 Å². The molecular weight excluding hydrogens is 784 g/mol. The Morgan fingerprint density at radius 2 is 1.68 bits per heavy atom. The lowest BCUT2D eigenvalue weighted by Crippen LogP contribution is -2.54. The van der Waals surface area contributed by atoms with Gasteiger partial charge in [-0.2, -0.15) is 0 Å². The zero-order valence-electron chi connectivity index (χ0n) is 34.9. The van der Waals surface area contributed by atoms with Gasteiger partial charge in [0.15, 0.2) is 0 Å². The second-order valence-electron chi connectivity index (χ2n) is 16.8. The molecule has 0 atom stereocenters. The number of carbonyl (C=O) groups is 3. The van der Waals surface area contributed by atoms with E-state index in [-0.39, 0.29) is 11.1 Å². The maximum absolute atomic E-state index is 15.6. The van der Waals surface area contributed by atoms with Crippen LogP contribution in [0.1, 0.15) is 86.2 Å². The van der Waals surface area contributed by atoms with Crippen LogP contribution in [0.15, 0.2) is 89.2 Å². The summed E-state index contributed by atoms with van der Waals surface area (Å²) in [5, 5.41) is 6.66. The van der Waals surface area contributed by atoms with Crippen LogP contribution < -0.4 is 20.4 Å². The highest BCUT2D eigenvalue weighted by Crippen LogP contribution is 2.32. The Balaban J connectivity index is 0.868. The first-order valence-electron chi connectivity index (χ1n) is 20.4. The molecule has 4 aromatic rings. The van der Waals surface area contributed by atoms with Crippen LogP contribution in [0.25, 0.3) is 5.57 Å². The van der Waals surface area contributed by atoms with Gasteiger partial charge in [-0.15, -0.1) is 0 Å². The second-order valence-corrected chi connectivity index (χ2v) is 17.8. The van der Waals surface area contributed by atoms with Crippen LogP contribution in [0.2, 0.25) is 0 Å². The maximum atomic E-state index is 15.6. The van der Waals surface area contributed by atoms with Crippen molar-refractivity contribution in [1.29, 1.82) is 0 Å². The lowest BCUT2D eigenvalue weighted by molar-refractivity contribution is 0.0447. The van der Waals surface area contributed by atoms with E-state index in [9.17, 15) is 14.4 Å². The van der Waals surface area contributed by atoms with Crippen molar-refractivity contribution in [3.05, 3.63) is 102 Å². The number of ether oxygens (including phenoxy) is 2. The minimum Gasteiger partial charge on any atom is -0.464 e. The Morgan fingerprint density at radius 1 is 0.900 bits per heavy atom. The van der Waals surface area contributed by atoms with Crippen molar-refractivity contribution in [2.24, 2.45) is 0 Å². The zero-order chi connectivity index (χ0) is 42.4. The molecule has 0 spiro atoms. The van der Waals surface area contributed by atoms with Gasteiger partial charge in [0, 0.05) is 73.2 Å². The summed E-state index contributed by atoms with van der Waals surface area (Å²) in [6.07, 6.45) is 11.3. The van der Waals surface area contributed by atoms with Gasteiger partial charge in [0.1, 0.15) is 28.0 Å². The van der Waals surface area contributed by atoms with Crippen LogP contribution >= 0.6 is 11.8 Å². The van der Waals surface area contributed by atoms with Crippen LogP contribution in [0.5, 0.6) is 0 Å². The van der Waals surface area contributed by atoms with Crippen molar-refractivity contribution in [2.45, 2.75) is 86.9 Å². The lowest BCUT2D eigenvalue weighted by Gasteiger charge is -2.40. The van der Waals surface area contributed by atoms with Crippen molar-refractivity contribution in [1.82, 2.24) is 25.2 Å². The largest absolute Gasteiger partial charge is 0.464 e. The predicted octanol–water partition coefficient (Wildman–Crippen LogP) is 7.84. The SMILES string of the molecule is COC(=O)c1ccc(C2=CCN(C3CCN(c4ccc(C(=O)Nc5cccc(Sc6cnc(N7CCC(C)(NC(=O)OC(C)(C)C)CC7)cn6)c5)cc4F)CC3)CC2)cn1. The molecule has 13 nitrogen and oxygen atoms in total. The summed E-state index contributed by atoms with van der Waals surface area (Å²) in [4.78, 5) is 58.5. The first-order chi connectivity index (χ1) is 28.7. The van der Waals surface area contributed by atoms with E-state index in [1.807, 2.05) is 52.0 Å². The molecule has 15 heteroatoms. The third kappa shape index (κ3) is 10.8. The van der Waals surface area contributed by atoms with Gasteiger partial charge in [0.05, 0.1) is 25.2 Å². The molecule has 2 aromatic heterocycles. The average Bonchev–Trinajstić information content (AvgIpc) is 3.23. The Labute approximate surface area is 355 Å². The number of benzene rings is 2. The van der Waals surface area contributed by atoms with Crippen LogP contribution in [0.3, 0.4) is 0 Å². The minimum atomic E-state index is -0.551. The number of alkyl carbamates (subject to hydrolysis) is 1. The van der Waals surface area contributed by atoms with Crippen molar-refractivity contribution in [3.63, 3.8) is 0 Å². The highest BCUT2D eigenvalue weighted by atomic mass is 32.2. The van der Waals surface area contributed by atoms with E-state index < -0.39 is 29.4 Å². The minimum absolute atomic E-state index is 0.246. The molecule has 7 rings (SSSR count). The molecule has 3 aliphatic rings. The van der Waals surface area contributed by atoms with E-state index in [2.05, 4.69) is 46.4 Å². The van der Waals surface area contributed by atoms with E-state index in [1.165, 1.54) is 30.5 Å². The molecule has 0 bridgehead atoms. The Morgan fingerprint density at radius 3 is 2.32 bits per heavy atom. The summed E-state index contributed by atoms with van der Waals surface area (Å²) in [5.41, 5.74) is 2.96. The van der Waals surface area contributed by atoms with Crippen molar-refractivity contribution in [3.8, 4) is 0 Å². The molecule has 2 N–H and O–H groups in total. The molecule has 2 amide bonds. The summed E-state index contributed by atoms with van der Waals surface area (Å²) in [7, 11) is 1.35. The topological polar surface area (TPSA) is 142 Å². The number of methoxy groups -OCH3 is 1. The molecule has 316 valence electrons. The van der Waals surface area contributed by atoms with E-state index in [1.54, 1.807) is 42.9 Å². The molecule has 2 aromatic carbocycles. The van der Waals surface area contributed by atoms with E-state index in [0.29, 0.717) is 28.1 Å². The smallest absolute Gasteiger partial charge is 0.408 e. The van der Waals surface area contributed by atoms with Crippen LogP contribution in [-0.4, -0.2) is 101 Å². The summed E-state index contributed by atoms with van der Waals surface area (Å²) < 4.78 is 25.8. The molecule has 2 fully saturated rings. The zero-order valence-corrected chi connectivity index (χ0v) is 35.7. The van der Waals surface area contributed by atoms with Gasteiger partial charge < -0.3 is 29.9 Å². The number of carbonyl (C=O) groups excluding carboxylic acids is 3. The number of hydrogen-bond donors (Lipinski definition) is 2. The Kier molecular flexibility index (Phi) is 13.0. The first kappa shape index (κ1) is 42.6. The summed E-state index contributed by atoms with van der Waals surface area (Å²) in [6, 6.07) is 16.2. The van der Waals surface area contributed by atoms with Gasteiger partial charge in [-0.05, 0) is 113 Å². The Bertz CT molecular complexity index is 2200. The van der Waals surface area contributed by atoms with Gasteiger partial charge in [-0.1, -0.05) is 30.0 Å². The fraction of sp³-hybridized carbons (Fsp3) is 0.422. The van der Waals surface area contributed by atoms with Gasteiger partial charge in [-0.25, -0.2) is 28.9 Å². The van der Waals surface area contributed by atoms with Gasteiger partial charge >= 0.3 is 12.1 Å². The number of nitrogens with zero attached hydrogens (tertiary/aromatic N) is 6. The van der Waals surface area contributed by atoms with Crippen molar-refractivity contribution >= 4 is 52.5 Å². The number of aromatic nitrogens is 3. The standard InChI is InChI=1S/C45H53FN8O5S/c1-44(2,3)59-43(57)51-45(4)17-23-54(24-18-45)39-28-49-40(29-48-39)60-35-8-6-7-33(26-35)50-41(55)31-10-12-38(36(46)25-31)53-21-15-34(16-22-53)52-19-13-30(14-20-52)32-9-11-37(47-27-32)42(56)58-5/h6-13,25-29,34H,14-24H2,1-5H3,(H,50,55)(H,51,57). The normalized spacial score (nSPS) is 17.4. The number of amides is 2. The second kappa shape index (κ2) is 18.4. The number of pyridine rings is 1. The molecule has 0 aliphatic carbocycles. The highest BCUT2D eigenvalue weighted by Gasteiger charge is 2.34. The first-order valence-corrected chi connectivity index (χ1v) is 21.3. The van der Waals surface area contributed by atoms with Crippen molar-refractivity contribution in [2.75, 3.05) is 61.5 Å². The van der Waals surface area contributed by atoms with Crippen LogP contribution in [-0.2, 0) is 9.47 Å². The molecule has 5 heterocycles. The molecule has 0 saturated carbocycles. The van der Waals surface area contributed by atoms with E-state index >= 15 is 4.39 Å². The lowest BCUT2D eigenvalue weighted by atomic mass is 9.90. The number of halogens is 1. The van der Waals surface area contributed by atoms with Crippen molar-refractivity contribution < 1.29 is 28.2 Å². The molecular formula is C45H53FN8O5S. The van der Waals surface area contributed by atoms with Crippen LogP contribution in [0.4, 0.5) is 26.4 Å². The highest BCUT2D eigenvalue weighted by molar-refractivity contribution is 7.99. The molecule has 3 aliphatic heterocycles.